The molecule has 0 aliphatic carbocycles. The maximum Gasteiger partial charge on any atom is 0.317 e. The number of aromatic nitrogens is 3. The molecule has 150 valence electrons. The third-order valence-electron chi connectivity index (χ3n) is 5.26. The molecule has 0 bridgehead atoms. The van der Waals surface area contributed by atoms with E-state index in [0.29, 0.717) is 17.1 Å². The minimum absolute atomic E-state index is 0.0681. The van der Waals surface area contributed by atoms with Crippen LogP contribution in [0.15, 0.2) is 24.5 Å². The van der Waals surface area contributed by atoms with E-state index in [1.807, 2.05) is 19.3 Å². The Hall–Kier alpha value is -2.74. The van der Waals surface area contributed by atoms with Crippen molar-refractivity contribution < 1.29 is 9.53 Å². The van der Waals surface area contributed by atoms with E-state index in [9.17, 15) is 4.79 Å². The first kappa shape index (κ1) is 20.0. The number of nitrogen functional groups attached to an aromatic ring is 1. The first-order valence-electron chi connectivity index (χ1n) is 9.54. The molecule has 2 N–H and O–H groups in total. The number of amides is 1. The number of anilines is 1. The van der Waals surface area contributed by atoms with Gasteiger partial charge in [-0.1, -0.05) is 6.07 Å². The van der Waals surface area contributed by atoms with E-state index in [1.54, 1.807) is 24.9 Å². The third kappa shape index (κ3) is 4.95. The molecule has 28 heavy (non-hydrogen) atoms. The number of piperidine rings is 1. The van der Waals surface area contributed by atoms with Crippen molar-refractivity contribution in [1.29, 1.82) is 0 Å². The molecule has 2 aromatic rings. The van der Waals surface area contributed by atoms with Gasteiger partial charge in [-0.2, -0.15) is 9.97 Å². The van der Waals surface area contributed by atoms with Gasteiger partial charge in [0.1, 0.15) is 0 Å². The van der Waals surface area contributed by atoms with Crippen LogP contribution >= 0.6 is 0 Å². The summed E-state index contributed by atoms with van der Waals surface area (Å²) in [6.45, 7) is 6.33. The Kier molecular flexibility index (Phi) is 6.41. The smallest absolute Gasteiger partial charge is 0.317 e. The summed E-state index contributed by atoms with van der Waals surface area (Å²) in [5, 5.41) is 0. The van der Waals surface area contributed by atoms with Crippen molar-refractivity contribution in [1.82, 2.24) is 24.8 Å². The number of hydrogen-bond donors (Lipinski definition) is 1. The molecule has 1 aliphatic heterocycles. The Balaban J connectivity index is 1.46. The summed E-state index contributed by atoms with van der Waals surface area (Å²) in [6, 6.07) is 4.46. The lowest BCUT2D eigenvalue weighted by Crippen LogP contribution is -2.46. The fourth-order valence-corrected chi connectivity index (χ4v) is 3.41. The molecule has 1 amide bonds. The standard InChI is InChI=1S/C20H28N6O2/c1-14-19(21)15(2)24-20(23-14)28-13-18(27)25(3)17-6-9-26(10-7-17)12-16-5-4-8-22-11-16/h4-5,8,11,17H,6-7,9-10,12-13,21H2,1-3H3. The highest BCUT2D eigenvalue weighted by Crippen LogP contribution is 2.18. The van der Waals surface area contributed by atoms with Gasteiger partial charge in [0.25, 0.3) is 5.91 Å². The van der Waals surface area contributed by atoms with E-state index in [1.165, 1.54) is 5.56 Å². The van der Waals surface area contributed by atoms with Gasteiger partial charge in [-0.25, -0.2) is 0 Å². The number of carbonyl (C=O) groups is 1. The van der Waals surface area contributed by atoms with Crippen molar-refractivity contribution >= 4 is 11.6 Å². The molecule has 0 unspecified atom stereocenters. The third-order valence-corrected chi connectivity index (χ3v) is 5.26. The normalized spacial score (nSPS) is 15.4. The minimum atomic E-state index is -0.0742. The predicted molar refractivity (Wildman–Crippen MR) is 107 cm³/mol. The molecule has 3 heterocycles. The predicted octanol–water partition coefficient (Wildman–Crippen LogP) is 1.57. The van der Waals surface area contributed by atoms with Crippen LogP contribution in [0.2, 0.25) is 0 Å². The SMILES string of the molecule is Cc1nc(OCC(=O)N(C)C2CCN(Cc3cccnc3)CC2)nc(C)c1N. The van der Waals surface area contributed by atoms with Gasteiger partial charge in [0, 0.05) is 45.1 Å². The molecule has 0 atom stereocenters. The molecule has 8 nitrogen and oxygen atoms in total. The van der Waals surface area contributed by atoms with E-state index in [-0.39, 0.29) is 24.6 Å². The number of nitrogens with zero attached hydrogens (tertiary/aromatic N) is 5. The number of pyridine rings is 1. The maximum absolute atomic E-state index is 12.5. The summed E-state index contributed by atoms with van der Waals surface area (Å²) in [5.41, 5.74) is 8.93. The molecule has 1 aliphatic rings. The molecule has 3 rings (SSSR count). The summed E-state index contributed by atoms with van der Waals surface area (Å²) in [6.07, 6.45) is 5.58. The highest BCUT2D eigenvalue weighted by molar-refractivity contribution is 5.77. The Morgan fingerprint density at radius 2 is 1.96 bits per heavy atom. The molecule has 0 aromatic carbocycles. The Morgan fingerprint density at radius 3 is 2.57 bits per heavy atom. The number of likely N-dealkylation sites (N-methyl/N-ethyl adjacent to an activating group) is 1. The van der Waals surface area contributed by atoms with Crippen LogP contribution in [0.5, 0.6) is 6.01 Å². The van der Waals surface area contributed by atoms with Crippen LogP contribution in [0.3, 0.4) is 0 Å². The van der Waals surface area contributed by atoms with Gasteiger partial charge in [0.2, 0.25) is 0 Å². The van der Waals surface area contributed by atoms with Gasteiger partial charge >= 0.3 is 6.01 Å². The number of carbonyl (C=O) groups excluding carboxylic acids is 1. The van der Waals surface area contributed by atoms with Crippen LogP contribution in [0.1, 0.15) is 29.8 Å². The van der Waals surface area contributed by atoms with E-state index >= 15 is 0 Å². The van der Waals surface area contributed by atoms with Gasteiger partial charge in [-0.05, 0) is 38.3 Å². The molecule has 0 saturated carbocycles. The molecular formula is C20H28N6O2. The number of hydrogen-bond acceptors (Lipinski definition) is 7. The van der Waals surface area contributed by atoms with Crippen LogP contribution < -0.4 is 10.5 Å². The van der Waals surface area contributed by atoms with Crippen LogP contribution in [0.25, 0.3) is 0 Å². The van der Waals surface area contributed by atoms with Crippen molar-refractivity contribution in [2.75, 3.05) is 32.5 Å². The Bertz CT molecular complexity index is 783. The molecule has 2 aromatic heterocycles. The maximum atomic E-state index is 12.5. The topological polar surface area (TPSA) is 97.5 Å². The first-order valence-corrected chi connectivity index (χ1v) is 9.54. The summed E-state index contributed by atoms with van der Waals surface area (Å²) in [7, 11) is 1.84. The zero-order chi connectivity index (χ0) is 20.1. The van der Waals surface area contributed by atoms with Crippen LogP contribution in [-0.2, 0) is 11.3 Å². The Labute approximate surface area is 165 Å². The Morgan fingerprint density at radius 1 is 1.29 bits per heavy atom. The summed E-state index contributed by atoms with van der Waals surface area (Å²) < 4.78 is 5.51. The number of likely N-dealkylation sites (tertiary alicyclic amines) is 1. The largest absolute Gasteiger partial charge is 0.453 e. The molecule has 1 saturated heterocycles. The van der Waals surface area contributed by atoms with E-state index in [4.69, 9.17) is 10.5 Å². The van der Waals surface area contributed by atoms with Crippen molar-refractivity contribution in [2.45, 2.75) is 39.3 Å². The van der Waals surface area contributed by atoms with Gasteiger partial charge in [-0.3, -0.25) is 14.7 Å². The van der Waals surface area contributed by atoms with E-state index in [2.05, 4.69) is 25.9 Å². The fraction of sp³-hybridized carbons (Fsp3) is 0.500. The zero-order valence-corrected chi connectivity index (χ0v) is 16.8. The van der Waals surface area contributed by atoms with Gasteiger partial charge < -0.3 is 15.4 Å². The van der Waals surface area contributed by atoms with E-state index < -0.39 is 0 Å². The van der Waals surface area contributed by atoms with Gasteiger partial charge in [-0.15, -0.1) is 0 Å². The second-order valence-corrected chi connectivity index (χ2v) is 7.25. The molecule has 1 fully saturated rings. The average molecular weight is 384 g/mol. The quantitative estimate of drug-likeness (QED) is 0.807. The van der Waals surface area contributed by atoms with E-state index in [0.717, 1.165) is 32.5 Å². The van der Waals surface area contributed by atoms with Gasteiger partial charge in [0.15, 0.2) is 6.61 Å². The van der Waals surface area contributed by atoms with Crippen LogP contribution in [0.4, 0.5) is 5.69 Å². The van der Waals surface area contributed by atoms with Crippen molar-refractivity contribution in [3.8, 4) is 6.01 Å². The van der Waals surface area contributed by atoms with Crippen LogP contribution in [-0.4, -0.2) is 63.4 Å². The number of aryl methyl sites for hydroxylation is 2. The van der Waals surface area contributed by atoms with Crippen molar-refractivity contribution in [2.24, 2.45) is 0 Å². The van der Waals surface area contributed by atoms with Crippen LogP contribution in [0, 0.1) is 13.8 Å². The highest BCUT2D eigenvalue weighted by Gasteiger charge is 2.25. The molecular weight excluding hydrogens is 356 g/mol. The monoisotopic (exact) mass is 384 g/mol. The first-order chi connectivity index (χ1) is 13.4. The summed E-state index contributed by atoms with van der Waals surface area (Å²) >= 11 is 0. The second-order valence-electron chi connectivity index (χ2n) is 7.25. The van der Waals surface area contributed by atoms with Crippen molar-refractivity contribution in [3.63, 3.8) is 0 Å². The lowest BCUT2D eigenvalue weighted by Gasteiger charge is -2.36. The second kappa shape index (κ2) is 8.97. The molecule has 8 heteroatoms. The fourth-order valence-electron chi connectivity index (χ4n) is 3.41. The number of rotatable bonds is 6. The average Bonchev–Trinajstić information content (AvgIpc) is 2.71. The van der Waals surface area contributed by atoms with Crippen molar-refractivity contribution in [3.05, 3.63) is 41.5 Å². The zero-order valence-electron chi connectivity index (χ0n) is 16.8. The van der Waals surface area contributed by atoms with Gasteiger partial charge in [0.05, 0.1) is 17.1 Å². The lowest BCUT2D eigenvalue weighted by molar-refractivity contribution is -0.135. The lowest BCUT2D eigenvalue weighted by atomic mass is 10.0. The molecule has 0 radical (unpaired) electrons. The minimum Gasteiger partial charge on any atom is -0.453 e. The summed E-state index contributed by atoms with van der Waals surface area (Å²) in [5.74, 6) is -0.0681. The summed E-state index contributed by atoms with van der Waals surface area (Å²) in [4.78, 5) is 29.3. The molecule has 0 spiro atoms. The highest BCUT2D eigenvalue weighted by atomic mass is 16.5. The number of nitrogens with two attached hydrogens (primary N) is 1. The number of ether oxygens (including phenoxy) is 1.